The molecule has 0 fully saturated rings. The fourth-order valence-corrected chi connectivity index (χ4v) is 2.49. The molecule has 2 aromatic rings. The SMILES string of the molecule is CCC(C(=O)c1ccc(OC)c(C)c1)c1ccccc1. The van der Waals surface area contributed by atoms with Crippen LogP contribution >= 0.6 is 0 Å². The van der Waals surface area contributed by atoms with Crippen molar-refractivity contribution in [1.82, 2.24) is 0 Å². The van der Waals surface area contributed by atoms with Gasteiger partial charge in [0.05, 0.1) is 7.11 Å². The van der Waals surface area contributed by atoms with E-state index in [1.54, 1.807) is 7.11 Å². The zero-order chi connectivity index (χ0) is 14.5. The molecule has 0 N–H and O–H groups in total. The first-order valence-electron chi connectivity index (χ1n) is 6.91. The normalized spacial score (nSPS) is 11.9. The largest absolute Gasteiger partial charge is 0.496 e. The summed E-state index contributed by atoms with van der Waals surface area (Å²) in [5, 5.41) is 0. The molecule has 0 amide bonds. The van der Waals surface area contributed by atoms with Gasteiger partial charge in [-0.2, -0.15) is 0 Å². The van der Waals surface area contributed by atoms with Crippen LogP contribution < -0.4 is 4.74 Å². The summed E-state index contributed by atoms with van der Waals surface area (Å²) in [7, 11) is 1.64. The lowest BCUT2D eigenvalue weighted by atomic mass is 9.88. The molecule has 0 aliphatic carbocycles. The number of aryl methyl sites for hydroxylation is 1. The molecule has 0 aliphatic heterocycles. The van der Waals surface area contributed by atoms with Crippen molar-refractivity contribution in [1.29, 1.82) is 0 Å². The molecular weight excluding hydrogens is 248 g/mol. The topological polar surface area (TPSA) is 26.3 Å². The first-order chi connectivity index (χ1) is 9.67. The number of carbonyl (C=O) groups is 1. The Bertz CT molecular complexity index is 588. The van der Waals surface area contributed by atoms with Gasteiger partial charge in [0, 0.05) is 11.5 Å². The van der Waals surface area contributed by atoms with Crippen LogP contribution in [0.1, 0.15) is 40.7 Å². The van der Waals surface area contributed by atoms with E-state index in [9.17, 15) is 4.79 Å². The third-order valence-electron chi connectivity index (χ3n) is 3.61. The van der Waals surface area contributed by atoms with Crippen LogP contribution in [0.25, 0.3) is 0 Å². The molecule has 104 valence electrons. The Morgan fingerprint density at radius 2 is 1.85 bits per heavy atom. The highest BCUT2D eigenvalue weighted by atomic mass is 16.5. The van der Waals surface area contributed by atoms with E-state index in [1.807, 2.05) is 62.4 Å². The van der Waals surface area contributed by atoms with E-state index >= 15 is 0 Å². The second-order valence-corrected chi connectivity index (χ2v) is 4.92. The lowest BCUT2D eigenvalue weighted by molar-refractivity contribution is 0.0957. The van der Waals surface area contributed by atoms with Crippen molar-refractivity contribution in [2.75, 3.05) is 7.11 Å². The van der Waals surface area contributed by atoms with Crippen molar-refractivity contribution >= 4 is 5.78 Å². The lowest BCUT2D eigenvalue weighted by Gasteiger charge is -2.15. The maximum Gasteiger partial charge on any atom is 0.170 e. The summed E-state index contributed by atoms with van der Waals surface area (Å²) in [6, 6.07) is 15.6. The molecule has 0 saturated carbocycles. The van der Waals surface area contributed by atoms with E-state index in [2.05, 4.69) is 0 Å². The third-order valence-corrected chi connectivity index (χ3v) is 3.61. The van der Waals surface area contributed by atoms with E-state index in [0.29, 0.717) is 0 Å². The number of carbonyl (C=O) groups excluding carboxylic acids is 1. The second kappa shape index (κ2) is 6.38. The standard InChI is InChI=1S/C18H20O2/c1-4-16(14-8-6-5-7-9-14)18(19)15-10-11-17(20-3)13(2)12-15/h5-12,16H,4H2,1-3H3. The van der Waals surface area contributed by atoms with Crippen LogP contribution in [0, 0.1) is 6.92 Å². The van der Waals surface area contributed by atoms with Gasteiger partial charge in [-0.25, -0.2) is 0 Å². The first-order valence-corrected chi connectivity index (χ1v) is 6.91. The molecule has 1 unspecified atom stereocenters. The highest BCUT2D eigenvalue weighted by Gasteiger charge is 2.20. The molecule has 0 spiro atoms. The van der Waals surface area contributed by atoms with Crippen molar-refractivity contribution in [3.8, 4) is 5.75 Å². The molecule has 20 heavy (non-hydrogen) atoms. The monoisotopic (exact) mass is 268 g/mol. The summed E-state index contributed by atoms with van der Waals surface area (Å²) < 4.78 is 5.24. The van der Waals surface area contributed by atoms with Crippen molar-refractivity contribution in [2.45, 2.75) is 26.2 Å². The van der Waals surface area contributed by atoms with Gasteiger partial charge >= 0.3 is 0 Å². The molecule has 0 bridgehead atoms. The van der Waals surface area contributed by atoms with Gasteiger partial charge in [-0.05, 0) is 42.7 Å². The third kappa shape index (κ3) is 2.90. The maximum absolute atomic E-state index is 12.7. The van der Waals surface area contributed by atoms with Gasteiger partial charge in [0.15, 0.2) is 5.78 Å². The van der Waals surface area contributed by atoms with Gasteiger partial charge in [0.25, 0.3) is 0 Å². The lowest BCUT2D eigenvalue weighted by Crippen LogP contribution is -2.12. The van der Waals surface area contributed by atoms with Crippen LogP contribution in [-0.2, 0) is 0 Å². The summed E-state index contributed by atoms with van der Waals surface area (Å²) in [5.74, 6) is 0.905. The summed E-state index contributed by atoms with van der Waals surface area (Å²) in [4.78, 5) is 12.7. The molecule has 0 radical (unpaired) electrons. The quantitative estimate of drug-likeness (QED) is 0.752. The van der Waals surface area contributed by atoms with Gasteiger partial charge in [0.2, 0.25) is 0 Å². The van der Waals surface area contributed by atoms with Crippen LogP contribution in [0.2, 0.25) is 0 Å². The van der Waals surface area contributed by atoms with Crippen LogP contribution in [0.15, 0.2) is 48.5 Å². The number of ether oxygens (including phenoxy) is 1. The fourth-order valence-electron chi connectivity index (χ4n) is 2.49. The zero-order valence-corrected chi connectivity index (χ0v) is 12.2. The average molecular weight is 268 g/mol. The van der Waals surface area contributed by atoms with Crippen molar-refractivity contribution < 1.29 is 9.53 Å². The summed E-state index contributed by atoms with van der Waals surface area (Å²) in [5.41, 5.74) is 2.81. The van der Waals surface area contributed by atoms with Crippen LogP contribution in [0.5, 0.6) is 5.75 Å². The maximum atomic E-state index is 12.7. The van der Waals surface area contributed by atoms with E-state index in [-0.39, 0.29) is 11.7 Å². The Morgan fingerprint density at radius 3 is 2.40 bits per heavy atom. The molecule has 2 aromatic carbocycles. The molecule has 2 rings (SSSR count). The molecule has 0 aromatic heterocycles. The number of rotatable bonds is 5. The van der Waals surface area contributed by atoms with Gasteiger partial charge < -0.3 is 4.74 Å². The molecule has 2 heteroatoms. The average Bonchev–Trinajstić information content (AvgIpc) is 2.49. The minimum absolute atomic E-state index is 0.0796. The van der Waals surface area contributed by atoms with Gasteiger partial charge in [-0.3, -0.25) is 4.79 Å². The minimum atomic E-state index is -0.0796. The molecule has 2 nitrogen and oxygen atoms in total. The fraction of sp³-hybridized carbons (Fsp3) is 0.278. The number of hydrogen-bond donors (Lipinski definition) is 0. The predicted octanol–water partition coefficient (Wildman–Crippen LogP) is 4.38. The van der Waals surface area contributed by atoms with Crippen LogP contribution in [0.4, 0.5) is 0 Å². The molecule has 1 atom stereocenters. The predicted molar refractivity (Wildman–Crippen MR) is 81.5 cm³/mol. The summed E-state index contributed by atoms with van der Waals surface area (Å²) >= 11 is 0. The number of methoxy groups -OCH3 is 1. The molecule has 0 saturated heterocycles. The Labute approximate surface area is 120 Å². The van der Waals surface area contributed by atoms with Gasteiger partial charge in [-0.15, -0.1) is 0 Å². The van der Waals surface area contributed by atoms with E-state index in [1.165, 1.54) is 0 Å². The zero-order valence-electron chi connectivity index (χ0n) is 12.2. The van der Waals surface area contributed by atoms with E-state index in [4.69, 9.17) is 4.74 Å². The Balaban J connectivity index is 2.32. The Hall–Kier alpha value is -2.09. The molecule has 0 aliphatic rings. The smallest absolute Gasteiger partial charge is 0.170 e. The first kappa shape index (κ1) is 14.3. The van der Waals surface area contributed by atoms with Gasteiger partial charge in [0.1, 0.15) is 5.75 Å². The number of ketones is 1. The van der Waals surface area contributed by atoms with Crippen molar-refractivity contribution in [3.63, 3.8) is 0 Å². The number of Topliss-reactive ketones (excluding diaryl/α,β-unsaturated/α-hetero) is 1. The highest BCUT2D eigenvalue weighted by molar-refractivity contribution is 6.01. The van der Waals surface area contributed by atoms with E-state index < -0.39 is 0 Å². The molecule has 0 heterocycles. The number of hydrogen-bond acceptors (Lipinski definition) is 2. The van der Waals surface area contributed by atoms with Crippen molar-refractivity contribution in [2.24, 2.45) is 0 Å². The highest BCUT2D eigenvalue weighted by Crippen LogP contribution is 2.26. The van der Waals surface area contributed by atoms with E-state index in [0.717, 1.165) is 28.9 Å². The van der Waals surface area contributed by atoms with Crippen LogP contribution in [-0.4, -0.2) is 12.9 Å². The second-order valence-electron chi connectivity index (χ2n) is 4.92. The molecular formula is C18H20O2. The Kier molecular flexibility index (Phi) is 4.57. The van der Waals surface area contributed by atoms with Gasteiger partial charge in [-0.1, -0.05) is 37.3 Å². The van der Waals surface area contributed by atoms with Crippen molar-refractivity contribution in [3.05, 3.63) is 65.2 Å². The van der Waals surface area contributed by atoms with Crippen LogP contribution in [0.3, 0.4) is 0 Å². The summed E-state index contributed by atoms with van der Waals surface area (Å²) in [6.45, 7) is 4.00. The Morgan fingerprint density at radius 1 is 1.15 bits per heavy atom. The summed E-state index contributed by atoms with van der Waals surface area (Å²) in [6.07, 6.45) is 0.800. The number of benzene rings is 2. The minimum Gasteiger partial charge on any atom is -0.496 e.